The summed E-state index contributed by atoms with van der Waals surface area (Å²) < 4.78 is 0.834. The lowest BCUT2D eigenvalue weighted by molar-refractivity contribution is -0.136. The number of hydrazone groups is 1. The van der Waals surface area contributed by atoms with E-state index in [9.17, 15) is 14.4 Å². The van der Waals surface area contributed by atoms with Crippen LogP contribution in [0.3, 0.4) is 0 Å². The summed E-state index contributed by atoms with van der Waals surface area (Å²) in [6.45, 7) is 3.89. The number of carbonyl (C=O) groups excluding carboxylic acids is 3. The summed E-state index contributed by atoms with van der Waals surface area (Å²) >= 11 is 3.39. The molecule has 222 valence electrons. The van der Waals surface area contributed by atoms with Crippen molar-refractivity contribution >= 4 is 51.1 Å². The molecule has 0 N–H and O–H groups in total. The van der Waals surface area contributed by atoms with Crippen LogP contribution in [0.25, 0.3) is 6.08 Å². The second kappa shape index (κ2) is 11.2. The van der Waals surface area contributed by atoms with Gasteiger partial charge in [-0.2, -0.15) is 10.2 Å². The molecule has 10 heteroatoms. The molecule has 0 aromatic heterocycles. The largest absolute Gasteiger partial charge is 0.271 e. The number of hydrogen-bond acceptors (Lipinski definition) is 7. The van der Waals surface area contributed by atoms with Crippen molar-refractivity contribution in [1.29, 1.82) is 0 Å². The summed E-state index contributed by atoms with van der Waals surface area (Å²) in [5, 5.41) is 16.2. The number of anilines is 1. The highest BCUT2D eigenvalue weighted by Gasteiger charge is 2.55. The van der Waals surface area contributed by atoms with Crippen molar-refractivity contribution in [3.05, 3.63) is 105 Å². The molecular formula is C34H31BrN6O3. The van der Waals surface area contributed by atoms with Crippen molar-refractivity contribution < 1.29 is 14.4 Å². The number of carbonyl (C=O) groups is 3. The van der Waals surface area contributed by atoms with Crippen LogP contribution in [0, 0.1) is 19.8 Å². The van der Waals surface area contributed by atoms with Gasteiger partial charge in [-0.3, -0.25) is 19.4 Å². The van der Waals surface area contributed by atoms with Gasteiger partial charge in [-0.15, -0.1) is 0 Å². The maximum Gasteiger partial charge on any atom is 0.264 e. The molecule has 7 rings (SSSR count). The standard InChI is InChI=1S/C34H31BrN6O3/c1-20-6-10-22(11-7-20)18-24-4-3-5-27-29(24)37-41(31(27)23-12-8-21(2)9-13-23)28(42)19-39-32-30(36-38-39)33(43)40(34(32)44)26-16-14-25(35)15-17-26/h6-18,27,30-32H,3-5,19H2,1-2H3/b24-18+/t27-,30+,31-,32+/m1/s1. The lowest BCUT2D eigenvalue weighted by Crippen LogP contribution is -2.45. The third-order valence-electron chi connectivity index (χ3n) is 8.83. The fraction of sp³-hybridized carbons (Fsp3) is 0.294. The van der Waals surface area contributed by atoms with E-state index in [1.54, 1.807) is 29.3 Å². The molecule has 4 atom stereocenters. The monoisotopic (exact) mass is 650 g/mol. The van der Waals surface area contributed by atoms with Crippen LogP contribution in [-0.4, -0.2) is 52.1 Å². The molecule has 2 fully saturated rings. The number of allylic oxidation sites excluding steroid dienone is 1. The topological polar surface area (TPSA) is 98.0 Å². The van der Waals surface area contributed by atoms with E-state index in [2.05, 4.69) is 87.8 Å². The Bertz CT molecular complexity index is 1730. The Morgan fingerprint density at radius 1 is 0.909 bits per heavy atom. The van der Waals surface area contributed by atoms with Crippen LogP contribution in [0.15, 0.2) is 98.3 Å². The Morgan fingerprint density at radius 2 is 1.59 bits per heavy atom. The van der Waals surface area contributed by atoms with E-state index in [4.69, 9.17) is 5.10 Å². The highest BCUT2D eigenvalue weighted by molar-refractivity contribution is 9.10. The number of halogens is 1. The lowest BCUT2D eigenvalue weighted by atomic mass is 9.77. The number of aryl methyl sites for hydroxylation is 2. The minimum atomic E-state index is -0.983. The SMILES string of the molecule is Cc1ccc(/C=C2\CCC[C@@H]3C2=NN(C(=O)CN2N=N[C@@H]4C(=O)N(c5ccc(Br)cc5)C(=O)[C@H]42)[C@@H]3c2ccc(C)cc2)cc1. The van der Waals surface area contributed by atoms with Gasteiger partial charge in [0, 0.05) is 10.4 Å². The molecule has 3 aromatic carbocycles. The molecule has 3 heterocycles. The average Bonchev–Trinajstić information content (AvgIpc) is 3.69. The molecule has 0 spiro atoms. The minimum Gasteiger partial charge on any atom is -0.271 e. The van der Waals surface area contributed by atoms with Gasteiger partial charge in [0.05, 0.1) is 17.4 Å². The van der Waals surface area contributed by atoms with E-state index in [1.807, 2.05) is 6.92 Å². The summed E-state index contributed by atoms with van der Waals surface area (Å²) in [5.74, 6) is -1.14. The van der Waals surface area contributed by atoms with Crippen molar-refractivity contribution in [2.45, 2.75) is 51.2 Å². The first kappa shape index (κ1) is 28.3. The zero-order valence-electron chi connectivity index (χ0n) is 24.4. The summed E-state index contributed by atoms with van der Waals surface area (Å²) in [5.41, 5.74) is 6.99. The van der Waals surface area contributed by atoms with Crippen LogP contribution in [-0.2, 0) is 14.4 Å². The van der Waals surface area contributed by atoms with Crippen molar-refractivity contribution in [3.63, 3.8) is 0 Å². The van der Waals surface area contributed by atoms with Gasteiger partial charge in [0.2, 0.25) is 0 Å². The molecule has 1 aliphatic carbocycles. The van der Waals surface area contributed by atoms with Gasteiger partial charge in [-0.1, -0.05) is 80.8 Å². The molecule has 4 aliphatic rings. The number of amides is 3. The van der Waals surface area contributed by atoms with Crippen LogP contribution in [0.2, 0.25) is 0 Å². The Hall–Kier alpha value is -4.44. The highest BCUT2D eigenvalue weighted by atomic mass is 79.9. The smallest absolute Gasteiger partial charge is 0.264 e. The van der Waals surface area contributed by atoms with E-state index >= 15 is 0 Å². The van der Waals surface area contributed by atoms with Crippen LogP contribution < -0.4 is 4.90 Å². The maximum atomic E-state index is 14.1. The van der Waals surface area contributed by atoms with Gasteiger partial charge < -0.3 is 0 Å². The van der Waals surface area contributed by atoms with E-state index in [0.717, 1.165) is 56.6 Å². The first-order valence-electron chi connectivity index (χ1n) is 14.8. The van der Waals surface area contributed by atoms with Gasteiger partial charge in [-0.05, 0) is 80.2 Å². The maximum absolute atomic E-state index is 14.1. The third-order valence-corrected chi connectivity index (χ3v) is 9.36. The molecule has 9 nitrogen and oxygen atoms in total. The molecular weight excluding hydrogens is 620 g/mol. The molecule has 3 aromatic rings. The lowest BCUT2D eigenvalue weighted by Gasteiger charge is -2.30. The zero-order chi connectivity index (χ0) is 30.5. The quantitative estimate of drug-likeness (QED) is 0.308. The molecule has 0 radical (unpaired) electrons. The summed E-state index contributed by atoms with van der Waals surface area (Å²) in [4.78, 5) is 42.0. The molecule has 1 saturated heterocycles. The Labute approximate surface area is 264 Å². The first-order chi connectivity index (χ1) is 21.3. The zero-order valence-corrected chi connectivity index (χ0v) is 26.0. The van der Waals surface area contributed by atoms with E-state index in [-0.39, 0.29) is 24.4 Å². The van der Waals surface area contributed by atoms with Gasteiger partial charge in [0.1, 0.15) is 6.54 Å². The van der Waals surface area contributed by atoms with Crippen molar-refractivity contribution in [2.75, 3.05) is 11.4 Å². The number of fused-ring (bicyclic) bond motifs is 2. The van der Waals surface area contributed by atoms with Crippen molar-refractivity contribution in [1.82, 2.24) is 10.0 Å². The van der Waals surface area contributed by atoms with E-state index < -0.39 is 23.9 Å². The van der Waals surface area contributed by atoms with Crippen molar-refractivity contribution in [3.8, 4) is 0 Å². The Morgan fingerprint density at radius 3 is 2.30 bits per heavy atom. The Kier molecular flexibility index (Phi) is 7.24. The Balaban J connectivity index is 1.18. The van der Waals surface area contributed by atoms with Crippen LogP contribution in [0.4, 0.5) is 5.69 Å². The van der Waals surface area contributed by atoms with Gasteiger partial charge >= 0.3 is 0 Å². The fourth-order valence-electron chi connectivity index (χ4n) is 6.58. The van der Waals surface area contributed by atoms with Crippen molar-refractivity contribution in [2.24, 2.45) is 21.4 Å². The number of benzene rings is 3. The summed E-state index contributed by atoms with van der Waals surface area (Å²) in [7, 11) is 0. The molecule has 3 amide bonds. The second-order valence-electron chi connectivity index (χ2n) is 11.8. The number of imide groups is 1. The molecule has 44 heavy (non-hydrogen) atoms. The van der Waals surface area contributed by atoms with Gasteiger partial charge in [0.15, 0.2) is 12.1 Å². The third kappa shape index (κ3) is 4.96. The molecule has 0 bridgehead atoms. The normalized spacial score (nSPS) is 25.1. The second-order valence-corrected chi connectivity index (χ2v) is 12.8. The summed E-state index contributed by atoms with van der Waals surface area (Å²) in [6.07, 6.45) is 4.98. The number of hydrogen-bond donors (Lipinski definition) is 0. The molecule has 0 unspecified atom stereocenters. The number of rotatable bonds is 5. The van der Waals surface area contributed by atoms with Crippen LogP contribution in [0.1, 0.15) is 47.6 Å². The fourth-order valence-corrected chi connectivity index (χ4v) is 6.84. The van der Waals surface area contributed by atoms with Gasteiger partial charge in [-0.25, -0.2) is 9.91 Å². The minimum absolute atomic E-state index is 0.0441. The van der Waals surface area contributed by atoms with Crippen LogP contribution >= 0.6 is 15.9 Å². The van der Waals surface area contributed by atoms with Gasteiger partial charge in [0.25, 0.3) is 17.7 Å². The van der Waals surface area contributed by atoms with E-state index in [1.165, 1.54) is 10.6 Å². The first-order valence-corrected chi connectivity index (χ1v) is 15.6. The van der Waals surface area contributed by atoms with Crippen LogP contribution in [0.5, 0.6) is 0 Å². The predicted molar refractivity (Wildman–Crippen MR) is 170 cm³/mol. The highest BCUT2D eigenvalue weighted by Crippen LogP contribution is 2.45. The molecule has 1 saturated carbocycles. The predicted octanol–water partition coefficient (Wildman–Crippen LogP) is 6.18. The average molecular weight is 652 g/mol. The van der Waals surface area contributed by atoms with E-state index in [0.29, 0.717) is 5.69 Å². The number of nitrogens with zero attached hydrogens (tertiary/aromatic N) is 6. The molecule has 3 aliphatic heterocycles. The summed E-state index contributed by atoms with van der Waals surface area (Å²) in [6, 6.07) is 21.3.